The minimum atomic E-state index is 0. The van der Waals surface area contributed by atoms with Crippen LogP contribution in [0.1, 0.15) is 11.8 Å². The van der Waals surface area contributed by atoms with Crippen LogP contribution in [-0.4, -0.2) is 6.29 Å². The molecule has 3 rings (SSSR count). The first kappa shape index (κ1) is 9.10. The Kier molecular flexibility index (Phi) is 1.97. The number of hydrogen-bond acceptors (Lipinski definition) is 1. The Hall–Kier alpha value is -2.15. The van der Waals surface area contributed by atoms with Crippen molar-refractivity contribution < 1.29 is 6.22 Å². The molecule has 0 aromatic heterocycles. The smallest absolute Gasteiger partial charge is 0.298 e. The highest BCUT2D eigenvalue weighted by Crippen LogP contribution is 2.25. The largest absolute Gasteiger partial charge is 1.00 e. The van der Waals surface area contributed by atoms with Gasteiger partial charge in [-0.15, -0.1) is 0 Å². The molecule has 76 valence electrons. The van der Waals surface area contributed by atoms with Crippen LogP contribution in [0.2, 0.25) is 0 Å². The summed E-state index contributed by atoms with van der Waals surface area (Å²) in [5, 5.41) is 4.78. The van der Waals surface area contributed by atoms with E-state index in [0.717, 1.165) is 17.2 Å². The van der Waals surface area contributed by atoms with Gasteiger partial charge in [0.1, 0.15) is 6.29 Å². The van der Waals surface area contributed by atoms with Crippen LogP contribution < -0.4 is 0 Å². The van der Waals surface area contributed by atoms with E-state index >= 15 is 0 Å². The topological polar surface area (TPSA) is 17.1 Å². The van der Waals surface area contributed by atoms with E-state index in [1.165, 1.54) is 16.2 Å². The molecule has 0 spiro atoms. The van der Waals surface area contributed by atoms with Gasteiger partial charge in [-0.1, -0.05) is 48.5 Å². The number of fused-ring (bicyclic) bond motifs is 3. The molecule has 0 fully saturated rings. The van der Waals surface area contributed by atoms with Crippen LogP contribution in [0.4, 0.5) is 0 Å². The molecular formula is C15H11O+. The lowest BCUT2D eigenvalue weighted by atomic mass is 10.0. The van der Waals surface area contributed by atoms with Gasteiger partial charge in [0.2, 0.25) is 0 Å². The van der Waals surface area contributed by atoms with E-state index in [-0.39, 0.29) is 1.43 Å². The van der Waals surface area contributed by atoms with Gasteiger partial charge >= 0.3 is 1.43 Å². The predicted molar refractivity (Wildman–Crippen MR) is 68.0 cm³/mol. The van der Waals surface area contributed by atoms with Crippen molar-refractivity contribution in [3.8, 4) is 0 Å². The molecule has 0 aliphatic rings. The monoisotopic (exact) mass is 207 g/mol. The van der Waals surface area contributed by atoms with Crippen LogP contribution in [0.25, 0.3) is 21.5 Å². The number of hydrogen-bond donors (Lipinski definition) is 0. The fourth-order valence-electron chi connectivity index (χ4n) is 2.10. The predicted octanol–water partition coefficient (Wildman–Crippen LogP) is 3.92. The number of aldehydes is 1. The van der Waals surface area contributed by atoms with Crippen LogP contribution in [0.15, 0.2) is 54.6 Å². The Bertz CT molecular complexity index is 689. The molecule has 0 heterocycles. The van der Waals surface area contributed by atoms with Crippen molar-refractivity contribution in [1.29, 1.82) is 0 Å². The summed E-state index contributed by atoms with van der Waals surface area (Å²) >= 11 is 0. The summed E-state index contributed by atoms with van der Waals surface area (Å²) in [4.78, 5) is 10.7. The standard InChI is InChI=1S/C15H10O/c16-10-11-5-8-15-13(9-11)7-6-12-3-1-2-4-14(12)15/h1-10H/p+1. The summed E-state index contributed by atoms with van der Waals surface area (Å²) < 4.78 is 0. The van der Waals surface area contributed by atoms with Crippen molar-refractivity contribution in [2.45, 2.75) is 0 Å². The summed E-state index contributed by atoms with van der Waals surface area (Å²) in [5.41, 5.74) is 0.725. The second-order valence-corrected chi connectivity index (χ2v) is 3.89. The Balaban J connectivity index is 0.00000108. The Morgan fingerprint density at radius 1 is 0.812 bits per heavy atom. The molecule has 1 heteroatoms. The number of benzene rings is 3. The molecule has 0 bridgehead atoms. The molecule has 0 aliphatic carbocycles. The molecule has 1 nitrogen and oxygen atoms in total. The van der Waals surface area contributed by atoms with Crippen molar-refractivity contribution >= 4 is 27.8 Å². The average Bonchev–Trinajstić information content (AvgIpc) is 2.38. The van der Waals surface area contributed by atoms with Gasteiger partial charge in [-0.2, -0.15) is 0 Å². The number of carbonyl (C=O) groups is 1. The number of carbonyl (C=O) groups excluding carboxylic acids is 1. The molecule has 0 atom stereocenters. The molecule has 16 heavy (non-hydrogen) atoms. The summed E-state index contributed by atoms with van der Waals surface area (Å²) in [7, 11) is 0. The van der Waals surface area contributed by atoms with Crippen LogP contribution in [0.5, 0.6) is 0 Å². The molecule has 0 saturated carbocycles. The van der Waals surface area contributed by atoms with Gasteiger partial charge in [0, 0.05) is 5.56 Å². The van der Waals surface area contributed by atoms with Gasteiger partial charge in [0.05, 0.1) is 0 Å². The van der Waals surface area contributed by atoms with Crippen molar-refractivity contribution in [2.24, 2.45) is 0 Å². The van der Waals surface area contributed by atoms with Crippen molar-refractivity contribution in [2.75, 3.05) is 0 Å². The molecule has 0 N–H and O–H groups in total. The van der Waals surface area contributed by atoms with Gasteiger partial charge in [0.25, 0.3) is 0 Å². The highest BCUT2D eigenvalue weighted by Gasteiger charge is 2.00. The normalized spacial score (nSPS) is 10.8. The molecule has 0 radical (unpaired) electrons. The molecule has 3 aromatic rings. The van der Waals surface area contributed by atoms with Crippen molar-refractivity contribution in [3.63, 3.8) is 0 Å². The van der Waals surface area contributed by atoms with Gasteiger partial charge in [-0.25, -0.2) is 0 Å². The van der Waals surface area contributed by atoms with E-state index in [1.54, 1.807) is 0 Å². The lowest BCUT2D eigenvalue weighted by Crippen LogP contribution is -1.81. The fourth-order valence-corrected chi connectivity index (χ4v) is 2.10. The summed E-state index contributed by atoms with van der Waals surface area (Å²) in [6.07, 6.45) is 0.884. The Morgan fingerprint density at radius 2 is 1.56 bits per heavy atom. The third-order valence-corrected chi connectivity index (χ3v) is 2.91. The highest BCUT2D eigenvalue weighted by molar-refractivity contribution is 6.08. The maximum absolute atomic E-state index is 10.7. The van der Waals surface area contributed by atoms with Gasteiger partial charge < -0.3 is 0 Å². The zero-order chi connectivity index (χ0) is 11.0. The van der Waals surface area contributed by atoms with E-state index in [2.05, 4.69) is 24.3 Å². The lowest BCUT2D eigenvalue weighted by Gasteiger charge is -2.03. The quantitative estimate of drug-likeness (QED) is 0.436. The first-order chi connectivity index (χ1) is 7.88. The van der Waals surface area contributed by atoms with Gasteiger partial charge in [-0.3, -0.25) is 4.79 Å². The van der Waals surface area contributed by atoms with Crippen LogP contribution in [-0.2, 0) is 0 Å². The first-order valence-corrected chi connectivity index (χ1v) is 5.25. The highest BCUT2D eigenvalue weighted by atomic mass is 16.1. The maximum Gasteiger partial charge on any atom is 1.00 e. The van der Waals surface area contributed by atoms with E-state index in [4.69, 9.17) is 0 Å². The molecule has 0 unspecified atom stereocenters. The van der Waals surface area contributed by atoms with Crippen molar-refractivity contribution in [3.05, 3.63) is 60.2 Å². The van der Waals surface area contributed by atoms with Gasteiger partial charge in [-0.05, 0) is 27.6 Å². The van der Waals surface area contributed by atoms with Crippen LogP contribution in [0.3, 0.4) is 0 Å². The Morgan fingerprint density at radius 3 is 2.44 bits per heavy atom. The zero-order valence-electron chi connectivity index (χ0n) is 9.68. The lowest BCUT2D eigenvalue weighted by molar-refractivity contribution is 0.112. The average molecular weight is 207 g/mol. The second kappa shape index (κ2) is 3.46. The third kappa shape index (κ3) is 1.29. The third-order valence-electron chi connectivity index (χ3n) is 2.91. The van der Waals surface area contributed by atoms with Crippen LogP contribution >= 0.6 is 0 Å². The fraction of sp³-hybridized carbons (Fsp3) is 0. The SMILES string of the molecule is O=Cc1ccc2c(ccc3ccccc32)c1.[H+]. The summed E-state index contributed by atoms with van der Waals surface area (Å²) in [6.45, 7) is 0. The minimum absolute atomic E-state index is 0. The second-order valence-electron chi connectivity index (χ2n) is 3.89. The molecule has 0 amide bonds. The molecular weight excluding hydrogens is 196 g/mol. The number of rotatable bonds is 1. The van der Waals surface area contributed by atoms with E-state index in [1.807, 2.05) is 30.3 Å². The van der Waals surface area contributed by atoms with E-state index in [9.17, 15) is 4.79 Å². The minimum Gasteiger partial charge on any atom is -0.298 e. The first-order valence-electron chi connectivity index (χ1n) is 5.25. The van der Waals surface area contributed by atoms with Crippen LogP contribution in [0, 0.1) is 0 Å². The molecule has 0 aliphatic heterocycles. The van der Waals surface area contributed by atoms with E-state index in [0.29, 0.717) is 0 Å². The molecule has 0 saturated heterocycles. The maximum atomic E-state index is 10.7. The molecule has 3 aromatic carbocycles. The summed E-state index contributed by atoms with van der Waals surface area (Å²) in [5.74, 6) is 0. The summed E-state index contributed by atoms with van der Waals surface area (Å²) in [6, 6.07) is 18.2. The zero-order valence-corrected chi connectivity index (χ0v) is 8.68. The van der Waals surface area contributed by atoms with Gasteiger partial charge in [0.15, 0.2) is 0 Å². The van der Waals surface area contributed by atoms with E-state index < -0.39 is 0 Å². The Labute approximate surface area is 94.8 Å². The van der Waals surface area contributed by atoms with Crippen molar-refractivity contribution in [1.82, 2.24) is 0 Å².